The minimum atomic E-state index is -3.93. The zero-order valence-electron chi connectivity index (χ0n) is 15.7. The highest BCUT2D eigenvalue weighted by Crippen LogP contribution is 2.34. The Labute approximate surface area is 169 Å². The first kappa shape index (κ1) is 20.1. The lowest BCUT2D eigenvalue weighted by Crippen LogP contribution is -2.34. The lowest BCUT2D eigenvalue weighted by Gasteiger charge is -2.18. The first-order valence-corrected chi connectivity index (χ1v) is 10.4. The lowest BCUT2D eigenvalue weighted by molar-refractivity contribution is 0.376. The van der Waals surface area contributed by atoms with E-state index in [1.165, 1.54) is 10.5 Å². The number of aryl methyl sites for hydroxylation is 1. The normalized spacial score (nSPS) is 11.7. The van der Waals surface area contributed by atoms with Gasteiger partial charge in [0.2, 0.25) is 0 Å². The van der Waals surface area contributed by atoms with Gasteiger partial charge in [0.05, 0.1) is 23.0 Å². The second-order valence-corrected chi connectivity index (χ2v) is 8.07. The van der Waals surface area contributed by atoms with Crippen LogP contribution in [0.1, 0.15) is 19.4 Å². The van der Waals surface area contributed by atoms with E-state index in [4.69, 9.17) is 15.8 Å². The molecule has 3 rings (SSSR count). The highest BCUT2D eigenvalue weighted by atomic mass is 35.5. The van der Waals surface area contributed by atoms with Crippen molar-refractivity contribution in [2.45, 2.75) is 13.8 Å². The van der Waals surface area contributed by atoms with Gasteiger partial charge in [-0.05, 0) is 24.3 Å². The predicted molar refractivity (Wildman–Crippen MR) is 108 cm³/mol. The van der Waals surface area contributed by atoms with E-state index in [0.717, 1.165) is 10.9 Å². The fourth-order valence-corrected chi connectivity index (χ4v) is 4.41. The molecule has 146 valence electrons. The largest absolute Gasteiger partial charge is 0.385 e. The Balaban J connectivity index is 2.11. The number of rotatable bonds is 6. The molecule has 0 amide bonds. The van der Waals surface area contributed by atoms with Crippen molar-refractivity contribution in [2.24, 2.45) is 7.05 Å². The Bertz CT molecular complexity index is 1180. The predicted octanol–water partition coefficient (Wildman–Crippen LogP) is 3.73. The number of benzene rings is 1. The van der Waals surface area contributed by atoms with E-state index in [9.17, 15) is 13.7 Å². The maximum Gasteiger partial charge on any atom is 0.385 e. The summed E-state index contributed by atoms with van der Waals surface area (Å²) in [4.78, 5) is 4.10. The van der Waals surface area contributed by atoms with Crippen LogP contribution in [-0.2, 0) is 17.4 Å². The van der Waals surface area contributed by atoms with Crippen LogP contribution in [0.5, 0.6) is 5.75 Å². The molecule has 1 aromatic carbocycles. The van der Waals surface area contributed by atoms with Crippen molar-refractivity contribution in [2.75, 3.05) is 13.1 Å². The molecule has 0 saturated carbocycles. The molecule has 0 aliphatic carbocycles. The summed E-state index contributed by atoms with van der Waals surface area (Å²) < 4.78 is 33.0. The highest BCUT2D eigenvalue weighted by Gasteiger charge is 2.22. The number of halogens is 1. The molecule has 9 heteroatoms. The average molecular weight is 419 g/mol. The summed E-state index contributed by atoms with van der Waals surface area (Å²) >= 11 is 6.10. The van der Waals surface area contributed by atoms with Crippen LogP contribution in [0.25, 0.3) is 22.2 Å². The average Bonchev–Trinajstić information content (AvgIpc) is 2.93. The van der Waals surface area contributed by atoms with Gasteiger partial charge in [0.25, 0.3) is 0 Å². The van der Waals surface area contributed by atoms with E-state index in [0.29, 0.717) is 34.9 Å². The fourth-order valence-electron chi connectivity index (χ4n) is 3.17. The monoisotopic (exact) mass is 418 g/mol. The van der Waals surface area contributed by atoms with Crippen LogP contribution in [0.4, 0.5) is 0 Å². The van der Waals surface area contributed by atoms with Crippen LogP contribution < -0.4 is 4.18 Å². The lowest BCUT2D eigenvalue weighted by atomic mass is 10.1. The van der Waals surface area contributed by atoms with Crippen LogP contribution in [0.2, 0.25) is 5.02 Å². The molecule has 2 heterocycles. The van der Waals surface area contributed by atoms with E-state index in [1.54, 1.807) is 44.3 Å². The van der Waals surface area contributed by atoms with Crippen molar-refractivity contribution < 1.29 is 12.6 Å². The molecule has 7 nitrogen and oxygen atoms in total. The number of fused-ring (bicyclic) bond motifs is 1. The first-order chi connectivity index (χ1) is 13.3. The summed E-state index contributed by atoms with van der Waals surface area (Å²) in [5.74, 6) is 0.0802. The quantitative estimate of drug-likeness (QED) is 0.608. The van der Waals surface area contributed by atoms with Crippen molar-refractivity contribution in [3.05, 3.63) is 47.2 Å². The molecule has 3 aromatic rings. The second kappa shape index (κ2) is 7.80. The van der Waals surface area contributed by atoms with Gasteiger partial charge in [-0.2, -0.15) is 18.0 Å². The van der Waals surface area contributed by atoms with Gasteiger partial charge in [-0.1, -0.05) is 25.4 Å². The van der Waals surface area contributed by atoms with E-state index in [2.05, 4.69) is 11.1 Å². The molecule has 0 aliphatic rings. The number of hydrogen-bond donors (Lipinski definition) is 0. The number of pyridine rings is 1. The van der Waals surface area contributed by atoms with E-state index in [-0.39, 0.29) is 5.75 Å². The molecule has 2 aromatic heterocycles. The molecule has 0 fully saturated rings. The summed E-state index contributed by atoms with van der Waals surface area (Å²) in [5, 5.41) is 11.0. The number of aromatic nitrogens is 2. The van der Waals surface area contributed by atoms with Crippen molar-refractivity contribution in [1.82, 2.24) is 13.9 Å². The molecule has 0 saturated heterocycles. The van der Waals surface area contributed by atoms with Gasteiger partial charge in [-0.25, -0.2) is 0 Å². The molecule has 0 atom stereocenters. The maximum absolute atomic E-state index is 12.4. The van der Waals surface area contributed by atoms with Gasteiger partial charge < -0.3 is 8.75 Å². The van der Waals surface area contributed by atoms with Crippen molar-refractivity contribution in [3.8, 4) is 23.1 Å². The molecule has 0 aliphatic heterocycles. The van der Waals surface area contributed by atoms with Crippen LogP contribution >= 0.6 is 11.6 Å². The van der Waals surface area contributed by atoms with E-state index in [1.807, 2.05) is 11.6 Å². The number of nitriles is 1. The minimum Gasteiger partial charge on any atom is -0.369 e. The molecule has 0 bridgehead atoms. The summed E-state index contributed by atoms with van der Waals surface area (Å²) in [6, 6.07) is 9.08. The molecule has 0 spiro atoms. The first-order valence-electron chi connectivity index (χ1n) is 8.65. The van der Waals surface area contributed by atoms with E-state index >= 15 is 0 Å². The summed E-state index contributed by atoms with van der Waals surface area (Å²) in [7, 11) is -2.11. The summed E-state index contributed by atoms with van der Waals surface area (Å²) in [5.41, 5.74) is 2.43. The molecular weight excluding hydrogens is 400 g/mol. The van der Waals surface area contributed by atoms with Crippen molar-refractivity contribution in [3.63, 3.8) is 0 Å². The van der Waals surface area contributed by atoms with Gasteiger partial charge in [0.15, 0.2) is 5.75 Å². The smallest absolute Gasteiger partial charge is 0.369 e. The van der Waals surface area contributed by atoms with Crippen LogP contribution in [0.3, 0.4) is 0 Å². The van der Waals surface area contributed by atoms with Gasteiger partial charge in [-0.15, -0.1) is 0 Å². The maximum atomic E-state index is 12.4. The molecule has 0 unspecified atom stereocenters. The standard InChI is InChI=1S/C19H19ClN4O3S/c1-4-24(5-2)28(25,26)27-15-8-13(11-22-12-15)19-17(10-21)16-7-6-14(20)9-18(16)23(19)3/h6-9,11-12H,4-5H2,1-3H3. The Morgan fingerprint density at radius 3 is 2.61 bits per heavy atom. The Morgan fingerprint density at radius 1 is 1.25 bits per heavy atom. The Morgan fingerprint density at radius 2 is 1.96 bits per heavy atom. The summed E-state index contributed by atoms with van der Waals surface area (Å²) in [6.07, 6.45) is 2.89. The SMILES string of the molecule is CCN(CC)S(=O)(=O)Oc1cncc(-c2c(C#N)c3ccc(Cl)cc3n2C)c1. The third-order valence-corrected chi connectivity index (χ3v) is 6.27. The van der Waals surface area contributed by atoms with Gasteiger partial charge >= 0.3 is 10.3 Å². The Hall–Kier alpha value is -2.60. The molecule has 0 radical (unpaired) electrons. The summed E-state index contributed by atoms with van der Waals surface area (Å²) in [6.45, 7) is 4.07. The third kappa shape index (κ3) is 3.56. The van der Waals surface area contributed by atoms with Gasteiger partial charge in [-0.3, -0.25) is 4.98 Å². The van der Waals surface area contributed by atoms with Crippen LogP contribution in [-0.4, -0.2) is 35.4 Å². The zero-order valence-corrected chi connectivity index (χ0v) is 17.3. The van der Waals surface area contributed by atoms with Crippen molar-refractivity contribution in [1.29, 1.82) is 5.26 Å². The molecular formula is C19H19ClN4O3S. The van der Waals surface area contributed by atoms with Gasteiger partial charge in [0, 0.05) is 42.3 Å². The number of nitrogens with zero attached hydrogens (tertiary/aromatic N) is 4. The zero-order chi connectivity index (χ0) is 20.5. The van der Waals surface area contributed by atoms with Crippen molar-refractivity contribution >= 4 is 32.8 Å². The fraction of sp³-hybridized carbons (Fsp3) is 0.263. The third-order valence-electron chi connectivity index (χ3n) is 4.48. The topological polar surface area (TPSA) is 88.2 Å². The Kier molecular flexibility index (Phi) is 5.61. The van der Waals surface area contributed by atoms with Crippen LogP contribution in [0.15, 0.2) is 36.7 Å². The molecule has 0 N–H and O–H groups in total. The second-order valence-electron chi connectivity index (χ2n) is 6.09. The van der Waals surface area contributed by atoms with E-state index < -0.39 is 10.3 Å². The van der Waals surface area contributed by atoms with Crippen LogP contribution in [0, 0.1) is 11.3 Å². The number of hydrogen-bond acceptors (Lipinski definition) is 5. The molecule has 28 heavy (non-hydrogen) atoms. The van der Waals surface area contributed by atoms with Gasteiger partial charge in [0.1, 0.15) is 6.07 Å². The highest BCUT2D eigenvalue weighted by molar-refractivity contribution is 7.84. The minimum absolute atomic E-state index is 0.0802.